The molecule has 7 rings (SSSR count). The summed E-state index contributed by atoms with van der Waals surface area (Å²) in [5, 5.41) is 23.2. The van der Waals surface area contributed by atoms with Gasteiger partial charge in [0.05, 0.1) is 43.7 Å². The third kappa shape index (κ3) is 2.78. The molecular formula is C30H49NO4S. The van der Waals surface area contributed by atoms with Crippen molar-refractivity contribution in [1.29, 1.82) is 0 Å². The van der Waals surface area contributed by atoms with E-state index in [0.717, 1.165) is 32.6 Å². The van der Waals surface area contributed by atoms with E-state index in [1.807, 2.05) is 0 Å². The van der Waals surface area contributed by atoms with Crippen LogP contribution >= 0.6 is 12.8 Å². The first-order valence-corrected chi connectivity index (χ1v) is 15.4. The lowest BCUT2D eigenvalue weighted by Crippen LogP contribution is -2.59. The van der Waals surface area contributed by atoms with E-state index in [9.17, 15) is 10.2 Å². The summed E-state index contributed by atoms with van der Waals surface area (Å²) >= 11 is 4.76. The molecule has 0 aromatic heterocycles. The molecule has 0 aromatic rings. The molecule has 5 aliphatic carbocycles. The molecule has 0 amide bonds. The van der Waals surface area contributed by atoms with Crippen molar-refractivity contribution >= 4 is 12.8 Å². The number of thiol groups is 1. The van der Waals surface area contributed by atoms with Crippen LogP contribution in [0.1, 0.15) is 86.0 Å². The highest BCUT2D eigenvalue weighted by Gasteiger charge is 2.84. The van der Waals surface area contributed by atoms with Gasteiger partial charge in [-0.3, -0.25) is 0 Å². The molecule has 5 saturated carbocycles. The summed E-state index contributed by atoms with van der Waals surface area (Å²) in [6.45, 7) is 14.4. The quantitative estimate of drug-likeness (QED) is 0.472. The molecule has 7 fully saturated rings. The van der Waals surface area contributed by atoms with Gasteiger partial charge in [0.2, 0.25) is 0 Å². The topological polar surface area (TPSA) is 62.2 Å². The van der Waals surface area contributed by atoms with Gasteiger partial charge in [0, 0.05) is 12.0 Å². The Morgan fingerprint density at radius 1 is 0.944 bits per heavy atom. The molecular weight excluding hydrogens is 470 g/mol. The van der Waals surface area contributed by atoms with Crippen molar-refractivity contribution in [3.8, 4) is 0 Å². The Morgan fingerprint density at radius 3 is 2.33 bits per heavy atom. The Kier molecular flexibility index (Phi) is 5.35. The van der Waals surface area contributed by atoms with Crippen LogP contribution in [0.5, 0.6) is 0 Å². The number of hydrogen-bond acceptors (Lipinski definition) is 6. The largest absolute Gasteiger partial charge is 0.393 e. The first-order chi connectivity index (χ1) is 16.9. The normalized spacial score (nSPS) is 59.2. The van der Waals surface area contributed by atoms with Crippen molar-refractivity contribution in [2.75, 3.05) is 19.8 Å². The lowest BCUT2D eigenvalue weighted by atomic mass is 9.41. The second kappa shape index (κ2) is 7.66. The van der Waals surface area contributed by atoms with Crippen LogP contribution in [0.15, 0.2) is 0 Å². The van der Waals surface area contributed by atoms with E-state index in [2.05, 4.69) is 38.9 Å². The van der Waals surface area contributed by atoms with Gasteiger partial charge in [0.1, 0.15) is 0 Å². The molecule has 2 heterocycles. The van der Waals surface area contributed by atoms with Gasteiger partial charge in [-0.15, -0.1) is 0 Å². The minimum absolute atomic E-state index is 0.00567. The maximum absolute atomic E-state index is 12.3. The number of rotatable bonds is 3. The van der Waals surface area contributed by atoms with Crippen molar-refractivity contribution in [3.05, 3.63) is 0 Å². The van der Waals surface area contributed by atoms with Crippen molar-refractivity contribution in [3.63, 3.8) is 0 Å². The lowest BCUT2D eigenvalue weighted by molar-refractivity contribution is -0.182. The highest BCUT2D eigenvalue weighted by molar-refractivity contribution is 7.77. The van der Waals surface area contributed by atoms with E-state index >= 15 is 0 Å². The molecule has 2 spiro atoms. The standard InChI is InChI=1S/C30H49NO4S/c1-17-12-19(13-31(36)18-14-34-15-18)35-24-23(17)27(4)10-11-30-16-29(30)9-8-22(32)26(2,3)20(29)6-7-21(30)28(27,5)25(24)33/h17-25,32-33,36H,6-16H2,1-5H3/t17-,19?,20+,21?,22?,23+,24?,25+,27?,28-,29?,30?/m1/s1. The van der Waals surface area contributed by atoms with E-state index in [0.29, 0.717) is 40.5 Å². The average molecular weight is 520 g/mol. The number of ether oxygens (including phenoxy) is 2. The highest BCUT2D eigenvalue weighted by atomic mass is 32.1. The van der Waals surface area contributed by atoms with Crippen LogP contribution in [-0.2, 0) is 9.47 Å². The van der Waals surface area contributed by atoms with E-state index in [-0.39, 0.29) is 34.6 Å². The van der Waals surface area contributed by atoms with Gasteiger partial charge in [-0.25, -0.2) is 4.31 Å². The maximum Gasteiger partial charge on any atom is 0.0880 e. The summed E-state index contributed by atoms with van der Waals surface area (Å²) in [4.78, 5) is 0. The van der Waals surface area contributed by atoms with Crippen LogP contribution in [0, 0.1) is 50.7 Å². The van der Waals surface area contributed by atoms with Gasteiger partial charge in [0.25, 0.3) is 0 Å². The van der Waals surface area contributed by atoms with Gasteiger partial charge in [-0.1, -0.05) is 47.4 Å². The van der Waals surface area contributed by atoms with E-state index in [1.165, 1.54) is 38.5 Å². The Hall–Kier alpha value is 0.150. The molecule has 36 heavy (non-hydrogen) atoms. The van der Waals surface area contributed by atoms with E-state index < -0.39 is 6.10 Å². The highest BCUT2D eigenvalue weighted by Crippen LogP contribution is 2.89. The number of nitrogens with zero attached hydrogens (tertiary/aromatic N) is 1. The molecule has 0 bridgehead atoms. The van der Waals surface area contributed by atoms with Crippen LogP contribution in [0.2, 0.25) is 0 Å². The smallest absolute Gasteiger partial charge is 0.0880 e. The summed E-state index contributed by atoms with van der Waals surface area (Å²) in [6, 6.07) is 0.385. The fourth-order valence-corrected chi connectivity index (χ4v) is 12.6. The zero-order valence-electron chi connectivity index (χ0n) is 23.1. The van der Waals surface area contributed by atoms with Crippen molar-refractivity contribution in [1.82, 2.24) is 4.31 Å². The van der Waals surface area contributed by atoms with Gasteiger partial charge in [-0.2, -0.15) is 0 Å². The minimum Gasteiger partial charge on any atom is -0.393 e. The molecule has 12 atom stereocenters. The molecule has 2 aliphatic heterocycles. The van der Waals surface area contributed by atoms with Gasteiger partial charge >= 0.3 is 0 Å². The fraction of sp³-hybridized carbons (Fsp3) is 1.00. The van der Waals surface area contributed by atoms with Crippen molar-refractivity contribution in [2.24, 2.45) is 50.7 Å². The summed E-state index contributed by atoms with van der Waals surface area (Å²) < 4.78 is 14.4. The lowest BCUT2D eigenvalue weighted by Gasteiger charge is -2.63. The summed E-state index contributed by atoms with van der Waals surface area (Å²) in [5.41, 5.74) is 0.764. The number of aliphatic hydroxyl groups is 2. The first-order valence-electron chi connectivity index (χ1n) is 15.0. The predicted octanol–water partition coefficient (Wildman–Crippen LogP) is 4.71. The monoisotopic (exact) mass is 519 g/mol. The Morgan fingerprint density at radius 2 is 1.64 bits per heavy atom. The van der Waals surface area contributed by atoms with Crippen LogP contribution in [0.4, 0.5) is 0 Å². The van der Waals surface area contributed by atoms with E-state index in [1.54, 1.807) is 0 Å². The van der Waals surface area contributed by atoms with Crippen LogP contribution in [0.3, 0.4) is 0 Å². The molecule has 7 aliphatic rings. The Bertz CT molecular complexity index is 927. The summed E-state index contributed by atoms with van der Waals surface area (Å²) in [6.07, 6.45) is 8.94. The zero-order chi connectivity index (χ0) is 25.5. The maximum atomic E-state index is 12.3. The third-order valence-corrected chi connectivity index (χ3v) is 14.8. The number of aliphatic hydroxyl groups excluding tert-OH is 2. The number of fused-ring (bicyclic) bond motifs is 4. The van der Waals surface area contributed by atoms with Crippen LogP contribution in [-0.4, -0.2) is 64.7 Å². The second-order valence-electron chi connectivity index (χ2n) is 15.5. The van der Waals surface area contributed by atoms with Gasteiger partial charge in [-0.05, 0) is 96.7 Å². The molecule has 0 aromatic carbocycles. The second-order valence-corrected chi connectivity index (χ2v) is 16.0. The van der Waals surface area contributed by atoms with Crippen molar-refractivity contribution < 1.29 is 19.7 Å². The molecule has 204 valence electrons. The Balaban J connectivity index is 1.19. The predicted molar refractivity (Wildman–Crippen MR) is 142 cm³/mol. The fourth-order valence-electron chi connectivity index (χ4n) is 12.3. The molecule has 7 unspecified atom stereocenters. The van der Waals surface area contributed by atoms with Crippen molar-refractivity contribution in [2.45, 2.75) is 116 Å². The summed E-state index contributed by atoms with van der Waals surface area (Å²) in [5.74, 6) is 2.14. The van der Waals surface area contributed by atoms with E-state index in [4.69, 9.17) is 22.3 Å². The van der Waals surface area contributed by atoms with Gasteiger partial charge in [0.15, 0.2) is 0 Å². The van der Waals surface area contributed by atoms with Gasteiger partial charge < -0.3 is 19.7 Å². The first kappa shape index (κ1) is 25.1. The third-order valence-electron chi connectivity index (χ3n) is 14.3. The molecule has 2 N–H and O–H groups in total. The number of hydrogen-bond donors (Lipinski definition) is 3. The zero-order valence-corrected chi connectivity index (χ0v) is 24.0. The molecule has 2 saturated heterocycles. The van der Waals surface area contributed by atoms with Crippen LogP contribution in [0.25, 0.3) is 0 Å². The molecule has 6 heteroatoms. The minimum atomic E-state index is -0.406. The summed E-state index contributed by atoms with van der Waals surface area (Å²) in [7, 11) is 0. The van der Waals surface area contributed by atoms with Crippen LogP contribution < -0.4 is 0 Å². The Labute approximate surface area is 223 Å². The average Bonchev–Trinajstić information content (AvgIpc) is 3.40. The SMILES string of the molecule is C[C@@H]1CC(CN(S)C2COC2)OC2[C@H]1C1(C)CCC34CC35CCC(O)C(C)(C)[C@@H]5CCC4[C@]1(C)[C@H]2O. The molecule has 0 radical (unpaired) electrons. The molecule has 5 nitrogen and oxygen atoms in total.